The molecule has 0 aliphatic heterocycles. The minimum absolute atomic E-state index is 0.0677. The molecule has 0 aromatic carbocycles. The van der Waals surface area contributed by atoms with Gasteiger partial charge in [0.05, 0.1) is 11.8 Å². The third-order valence-corrected chi connectivity index (χ3v) is 4.32. The Balaban J connectivity index is 3.76. The molecule has 0 fully saturated rings. The maximum atomic E-state index is 11.6. The Bertz CT molecular complexity index is 343. The minimum atomic E-state index is -3.14. The summed E-state index contributed by atoms with van der Waals surface area (Å²) in [6.45, 7) is 6.25. The monoisotopic (exact) mass is 279 g/mol. The van der Waals surface area contributed by atoms with Crippen LogP contribution < -0.4 is 15.8 Å². The molecule has 0 aliphatic carbocycles. The molecule has 7 heteroatoms. The van der Waals surface area contributed by atoms with Crippen LogP contribution in [-0.4, -0.2) is 39.2 Å². The summed E-state index contributed by atoms with van der Waals surface area (Å²) in [7, 11) is -3.14. The van der Waals surface area contributed by atoms with Crippen molar-refractivity contribution in [2.45, 2.75) is 39.7 Å². The van der Waals surface area contributed by atoms with Crippen molar-refractivity contribution >= 4 is 15.9 Å². The summed E-state index contributed by atoms with van der Waals surface area (Å²) < 4.78 is 24.7. The van der Waals surface area contributed by atoms with Crippen LogP contribution in [0.2, 0.25) is 0 Å². The van der Waals surface area contributed by atoms with E-state index in [0.717, 1.165) is 6.42 Å². The first-order valence-electron chi connectivity index (χ1n) is 6.34. The molecule has 2 atom stereocenters. The Labute approximate surface area is 110 Å². The molecule has 0 heterocycles. The molecule has 2 unspecified atom stereocenters. The highest BCUT2D eigenvalue weighted by atomic mass is 32.2. The third-order valence-electron chi connectivity index (χ3n) is 2.91. The lowest BCUT2D eigenvalue weighted by Crippen LogP contribution is -2.45. The third kappa shape index (κ3) is 6.93. The van der Waals surface area contributed by atoms with Gasteiger partial charge in [0.2, 0.25) is 15.9 Å². The van der Waals surface area contributed by atoms with E-state index in [2.05, 4.69) is 10.0 Å². The Hall–Kier alpha value is -0.660. The van der Waals surface area contributed by atoms with Gasteiger partial charge in [0.25, 0.3) is 0 Å². The summed E-state index contributed by atoms with van der Waals surface area (Å²) in [6, 6.07) is -0.498. The van der Waals surface area contributed by atoms with E-state index >= 15 is 0 Å². The van der Waals surface area contributed by atoms with Crippen molar-refractivity contribution in [2.75, 3.05) is 18.8 Å². The van der Waals surface area contributed by atoms with Gasteiger partial charge in [-0.05, 0) is 19.3 Å². The zero-order valence-electron chi connectivity index (χ0n) is 11.4. The average molecular weight is 279 g/mol. The molecule has 0 rings (SSSR count). The molecule has 0 aliphatic rings. The van der Waals surface area contributed by atoms with E-state index in [-0.39, 0.29) is 17.6 Å². The maximum absolute atomic E-state index is 11.6. The Morgan fingerprint density at radius 3 is 2.39 bits per heavy atom. The number of carbonyl (C=O) groups is 1. The molecule has 0 aromatic rings. The molecule has 0 aromatic heterocycles. The van der Waals surface area contributed by atoms with E-state index in [4.69, 9.17) is 5.73 Å². The number of rotatable bonds is 9. The highest BCUT2D eigenvalue weighted by molar-refractivity contribution is 7.89. The van der Waals surface area contributed by atoms with Gasteiger partial charge in [0, 0.05) is 13.1 Å². The van der Waals surface area contributed by atoms with E-state index in [1.807, 2.05) is 13.8 Å². The number of sulfonamides is 1. The second-order valence-electron chi connectivity index (χ2n) is 4.35. The lowest BCUT2D eigenvalue weighted by molar-refractivity contribution is -0.123. The van der Waals surface area contributed by atoms with Gasteiger partial charge in [-0.2, -0.15) is 0 Å². The fourth-order valence-corrected chi connectivity index (χ4v) is 1.92. The van der Waals surface area contributed by atoms with E-state index in [1.54, 1.807) is 6.92 Å². The van der Waals surface area contributed by atoms with Crippen LogP contribution in [-0.2, 0) is 14.8 Å². The van der Waals surface area contributed by atoms with E-state index < -0.39 is 16.1 Å². The number of nitrogens with one attached hydrogen (secondary N) is 2. The van der Waals surface area contributed by atoms with Crippen molar-refractivity contribution in [2.24, 2.45) is 11.7 Å². The fourth-order valence-electron chi connectivity index (χ4n) is 1.26. The summed E-state index contributed by atoms with van der Waals surface area (Å²) in [4.78, 5) is 11.6. The average Bonchev–Trinajstić information content (AvgIpc) is 2.36. The number of carbonyl (C=O) groups excluding carboxylic acids is 1. The largest absolute Gasteiger partial charge is 0.355 e. The summed E-state index contributed by atoms with van der Waals surface area (Å²) in [5, 5.41) is 2.70. The Morgan fingerprint density at radius 2 is 1.89 bits per heavy atom. The molecule has 108 valence electrons. The van der Waals surface area contributed by atoms with Crippen molar-refractivity contribution in [3.05, 3.63) is 0 Å². The zero-order chi connectivity index (χ0) is 14.2. The molecule has 0 saturated heterocycles. The summed E-state index contributed by atoms with van der Waals surface area (Å²) in [5.41, 5.74) is 5.75. The summed E-state index contributed by atoms with van der Waals surface area (Å²) in [5.74, 6) is 0.0319. The molecule has 18 heavy (non-hydrogen) atoms. The van der Waals surface area contributed by atoms with Gasteiger partial charge in [-0.25, -0.2) is 13.1 Å². The van der Waals surface area contributed by atoms with Crippen molar-refractivity contribution in [1.29, 1.82) is 0 Å². The van der Waals surface area contributed by atoms with Gasteiger partial charge >= 0.3 is 0 Å². The molecular formula is C11H25N3O3S. The van der Waals surface area contributed by atoms with Gasteiger partial charge in [0.1, 0.15) is 0 Å². The van der Waals surface area contributed by atoms with Crippen LogP contribution >= 0.6 is 0 Å². The van der Waals surface area contributed by atoms with Crippen molar-refractivity contribution < 1.29 is 13.2 Å². The maximum Gasteiger partial charge on any atom is 0.237 e. The Morgan fingerprint density at radius 1 is 1.28 bits per heavy atom. The minimum Gasteiger partial charge on any atom is -0.355 e. The van der Waals surface area contributed by atoms with Gasteiger partial charge < -0.3 is 11.1 Å². The molecule has 0 spiro atoms. The normalized spacial score (nSPS) is 15.1. The highest BCUT2D eigenvalue weighted by Gasteiger charge is 2.18. The highest BCUT2D eigenvalue weighted by Crippen LogP contribution is 2.04. The van der Waals surface area contributed by atoms with Crippen LogP contribution in [0.5, 0.6) is 0 Å². The van der Waals surface area contributed by atoms with Crippen molar-refractivity contribution in [1.82, 2.24) is 10.0 Å². The van der Waals surface area contributed by atoms with Crippen LogP contribution in [0.3, 0.4) is 0 Å². The fraction of sp³-hybridized carbons (Fsp3) is 0.909. The molecule has 0 saturated carbocycles. The first-order valence-corrected chi connectivity index (χ1v) is 7.99. The summed E-state index contributed by atoms with van der Waals surface area (Å²) >= 11 is 0. The predicted octanol–water partition coefficient (Wildman–Crippen LogP) is -0.195. The van der Waals surface area contributed by atoms with Gasteiger partial charge in [-0.15, -0.1) is 0 Å². The van der Waals surface area contributed by atoms with E-state index in [1.165, 1.54) is 0 Å². The topological polar surface area (TPSA) is 101 Å². The second kappa shape index (κ2) is 8.44. The lowest BCUT2D eigenvalue weighted by Gasteiger charge is -2.17. The first-order chi connectivity index (χ1) is 8.34. The quantitative estimate of drug-likeness (QED) is 0.509. The van der Waals surface area contributed by atoms with Crippen LogP contribution in [0.4, 0.5) is 0 Å². The molecule has 0 bridgehead atoms. The van der Waals surface area contributed by atoms with Crippen molar-refractivity contribution in [3.63, 3.8) is 0 Å². The van der Waals surface area contributed by atoms with Crippen LogP contribution in [0.1, 0.15) is 33.6 Å². The summed E-state index contributed by atoms with van der Waals surface area (Å²) in [6.07, 6.45) is 1.41. The lowest BCUT2D eigenvalue weighted by atomic mass is 9.99. The second-order valence-corrected chi connectivity index (χ2v) is 6.45. The molecule has 6 nitrogen and oxygen atoms in total. The molecule has 1 amide bonds. The number of hydrogen-bond donors (Lipinski definition) is 3. The number of amides is 1. The van der Waals surface area contributed by atoms with Gasteiger partial charge in [0.15, 0.2) is 0 Å². The predicted molar refractivity (Wildman–Crippen MR) is 72.5 cm³/mol. The molecule has 4 N–H and O–H groups in total. The smallest absolute Gasteiger partial charge is 0.237 e. The standard InChI is InChI=1S/C11H25N3O3S/c1-4-9(3)10(12)11(15)13-7-6-8-14-18(16,17)5-2/h9-10,14H,4-8,12H2,1-3H3,(H,13,15). The SMILES string of the molecule is CCC(C)C(N)C(=O)NCCCNS(=O)(=O)CC. The first kappa shape index (κ1) is 17.3. The van der Waals surface area contributed by atoms with Crippen molar-refractivity contribution in [3.8, 4) is 0 Å². The van der Waals surface area contributed by atoms with Crippen LogP contribution in [0.25, 0.3) is 0 Å². The van der Waals surface area contributed by atoms with Crippen LogP contribution in [0, 0.1) is 5.92 Å². The molecular weight excluding hydrogens is 254 g/mol. The molecule has 0 radical (unpaired) electrons. The van der Waals surface area contributed by atoms with E-state index in [9.17, 15) is 13.2 Å². The van der Waals surface area contributed by atoms with Crippen LogP contribution in [0.15, 0.2) is 0 Å². The number of hydrogen-bond acceptors (Lipinski definition) is 4. The van der Waals surface area contributed by atoms with Gasteiger partial charge in [-0.3, -0.25) is 4.79 Å². The Kier molecular flexibility index (Phi) is 8.13. The number of nitrogens with two attached hydrogens (primary N) is 1. The van der Waals surface area contributed by atoms with E-state index in [0.29, 0.717) is 19.5 Å². The zero-order valence-corrected chi connectivity index (χ0v) is 12.2. The van der Waals surface area contributed by atoms with Gasteiger partial charge in [-0.1, -0.05) is 20.3 Å².